The van der Waals surface area contributed by atoms with Crippen LogP contribution >= 0.6 is 0 Å². The van der Waals surface area contributed by atoms with Crippen LogP contribution in [0.5, 0.6) is 0 Å². The highest BCUT2D eigenvalue weighted by Gasteiger charge is 2.30. The molecule has 1 fully saturated rings. The van der Waals surface area contributed by atoms with Crippen molar-refractivity contribution in [2.75, 3.05) is 6.54 Å². The number of hydrogen-bond donors (Lipinski definition) is 1. The molecule has 0 unspecified atom stereocenters. The molecule has 0 radical (unpaired) electrons. The fourth-order valence-corrected chi connectivity index (χ4v) is 3.34. The number of fused-ring (bicyclic) bond motifs is 1. The number of nitrogens with zero attached hydrogens (tertiary/aromatic N) is 3. The average Bonchev–Trinajstić information content (AvgIpc) is 3.22. The second-order valence-corrected chi connectivity index (χ2v) is 6.00. The quantitative estimate of drug-likeness (QED) is 0.790. The minimum atomic E-state index is 0.0475. The van der Waals surface area contributed by atoms with E-state index in [0.717, 1.165) is 36.1 Å². The predicted molar refractivity (Wildman–Crippen MR) is 88.1 cm³/mol. The average molecular weight is 306 g/mol. The summed E-state index contributed by atoms with van der Waals surface area (Å²) in [6.07, 6.45) is 3.69. The molecule has 0 saturated carbocycles. The lowest BCUT2D eigenvalue weighted by Crippen LogP contribution is -2.30. The lowest BCUT2D eigenvalue weighted by Gasteiger charge is -2.25. The summed E-state index contributed by atoms with van der Waals surface area (Å²) < 4.78 is 0. The van der Waals surface area contributed by atoms with E-state index in [1.54, 1.807) is 6.20 Å². The first-order valence-electron chi connectivity index (χ1n) is 7.90. The Bertz CT molecular complexity index is 856. The van der Waals surface area contributed by atoms with Crippen molar-refractivity contribution in [2.45, 2.75) is 25.8 Å². The maximum absolute atomic E-state index is 13.0. The summed E-state index contributed by atoms with van der Waals surface area (Å²) in [5, 5.41) is 7.92. The zero-order valence-electron chi connectivity index (χ0n) is 13.0. The third-order valence-electron chi connectivity index (χ3n) is 4.55. The molecule has 1 aromatic carbocycles. The number of amides is 1. The normalized spacial score (nSPS) is 17.8. The van der Waals surface area contributed by atoms with Gasteiger partial charge in [-0.15, -0.1) is 0 Å². The number of aryl methyl sites for hydroxylation is 1. The van der Waals surface area contributed by atoms with Gasteiger partial charge in [0, 0.05) is 18.1 Å². The molecule has 5 nitrogen and oxygen atoms in total. The molecule has 1 N–H and O–H groups in total. The molecule has 116 valence electrons. The zero-order chi connectivity index (χ0) is 15.8. The SMILES string of the molecule is Cc1n[nH]c2ncc(C(=O)N3CCC[C@@H]3c3ccccc3)cc12. The van der Waals surface area contributed by atoms with Gasteiger partial charge in [0.05, 0.1) is 17.3 Å². The van der Waals surface area contributed by atoms with Gasteiger partial charge in [0.15, 0.2) is 5.65 Å². The Morgan fingerprint density at radius 3 is 2.96 bits per heavy atom. The standard InChI is InChI=1S/C18H18N4O/c1-12-15-10-14(11-19-17(15)21-20-12)18(23)22-9-5-8-16(22)13-6-3-2-4-7-13/h2-4,6-7,10-11,16H,5,8-9H2,1H3,(H,19,20,21)/t16-/m1/s1. The number of carbonyl (C=O) groups excluding carboxylic acids is 1. The first kappa shape index (κ1) is 13.9. The Balaban J connectivity index is 1.68. The van der Waals surface area contributed by atoms with E-state index >= 15 is 0 Å². The molecule has 1 aliphatic rings. The van der Waals surface area contributed by atoms with Crippen LogP contribution in [0.4, 0.5) is 0 Å². The predicted octanol–water partition coefficient (Wildman–Crippen LogP) is 3.24. The Morgan fingerprint density at radius 1 is 1.30 bits per heavy atom. The summed E-state index contributed by atoms with van der Waals surface area (Å²) in [6.45, 7) is 2.71. The number of likely N-dealkylation sites (tertiary alicyclic amines) is 1. The molecule has 1 aliphatic heterocycles. The van der Waals surface area contributed by atoms with Crippen LogP contribution in [0.2, 0.25) is 0 Å². The van der Waals surface area contributed by atoms with Crippen LogP contribution in [0.1, 0.15) is 40.5 Å². The third-order valence-corrected chi connectivity index (χ3v) is 4.55. The Hall–Kier alpha value is -2.69. The first-order chi connectivity index (χ1) is 11.2. The maximum Gasteiger partial charge on any atom is 0.255 e. The van der Waals surface area contributed by atoms with Crippen molar-refractivity contribution in [3.63, 3.8) is 0 Å². The Labute approximate surface area is 134 Å². The van der Waals surface area contributed by atoms with Crippen molar-refractivity contribution in [3.05, 3.63) is 59.4 Å². The molecule has 1 atom stereocenters. The minimum Gasteiger partial charge on any atom is -0.332 e. The van der Waals surface area contributed by atoms with Gasteiger partial charge in [-0.25, -0.2) is 4.98 Å². The summed E-state index contributed by atoms with van der Waals surface area (Å²) in [5.41, 5.74) is 3.42. The summed E-state index contributed by atoms with van der Waals surface area (Å²) in [4.78, 5) is 19.3. The number of hydrogen-bond acceptors (Lipinski definition) is 3. The lowest BCUT2D eigenvalue weighted by molar-refractivity contribution is 0.0735. The van der Waals surface area contributed by atoms with Gasteiger partial charge in [-0.1, -0.05) is 30.3 Å². The number of aromatic nitrogens is 3. The number of nitrogens with one attached hydrogen (secondary N) is 1. The fourth-order valence-electron chi connectivity index (χ4n) is 3.34. The number of pyridine rings is 1. The number of H-pyrrole nitrogens is 1. The number of carbonyl (C=O) groups is 1. The van der Waals surface area contributed by atoms with Crippen molar-refractivity contribution in [2.24, 2.45) is 0 Å². The highest BCUT2D eigenvalue weighted by atomic mass is 16.2. The van der Waals surface area contributed by atoms with Crippen LogP contribution in [0.15, 0.2) is 42.6 Å². The zero-order valence-corrected chi connectivity index (χ0v) is 13.0. The summed E-state index contributed by atoms with van der Waals surface area (Å²) in [6, 6.07) is 12.3. The smallest absolute Gasteiger partial charge is 0.255 e. The van der Waals surface area contributed by atoms with Gasteiger partial charge in [0.2, 0.25) is 0 Å². The van der Waals surface area contributed by atoms with E-state index in [4.69, 9.17) is 0 Å². The van der Waals surface area contributed by atoms with Crippen LogP contribution < -0.4 is 0 Å². The molecule has 2 aromatic heterocycles. The van der Waals surface area contributed by atoms with Crippen LogP contribution in [0, 0.1) is 6.92 Å². The number of benzene rings is 1. The third kappa shape index (κ3) is 2.38. The van der Waals surface area contributed by atoms with Gasteiger partial charge in [0.1, 0.15) is 0 Å². The molecule has 23 heavy (non-hydrogen) atoms. The van der Waals surface area contributed by atoms with E-state index < -0.39 is 0 Å². The van der Waals surface area contributed by atoms with Crippen molar-refractivity contribution in [1.29, 1.82) is 0 Å². The maximum atomic E-state index is 13.0. The van der Waals surface area contributed by atoms with E-state index in [2.05, 4.69) is 27.3 Å². The van der Waals surface area contributed by atoms with E-state index in [0.29, 0.717) is 5.56 Å². The Morgan fingerprint density at radius 2 is 2.13 bits per heavy atom. The number of aromatic amines is 1. The highest BCUT2D eigenvalue weighted by molar-refractivity contribution is 5.97. The van der Waals surface area contributed by atoms with Gasteiger partial charge >= 0.3 is 0 Å². The summed E-state index contributed by atoms with van der Waals surface area (Å²) >= 11 is 0. The monoisotopic (exact) mass is 306 g/mol. The topological polar surface area (TPSA) is 61.9 Å². The van der Waals surface area contributed by atoms with Gasteiger partial charge in [-0.3, -0.25) is 9.89 Å². The highest BCUT2D eigenvalue weighted by Crippen LogP contribution is 2.33. The molecular weight excluding hydrogens is 288 g/mol. The summed E-state index contributed by atoms with van der Waals surface area (Å²) in [5.74, 6) is 0.0475. The van der Waals surface area contributed by atoms with E-state index in [9.17, 15) is 4.79 Å². The molecule has 1 saturated heterocycles. The van der Waals surface area contributed by atoms with Gasteiger partial charge < -0.3 is 4.90 Å². The molecule has 4 rings (SSSR count). The van der Waals surface area contributed by atoms with Crippen molar-refractivity contribution >= 4 is 16.9 Å². The molecule has 0 bridgehead atoms. The second-order valence-electron chi connectivity index (χ2n) is 6.00. The van der Waals surface area contributed by atoms with Gasteiger partial charge in [-0.05, 0) is 31.4 Å². The van der Waals surface area contributed by atoms with E-state index in [-0.39, 0.29) is 11.9 Å². The fraction of sp³-hybridized carbons (Fsp3) is 0.278. The molecule has 0 aliphatic carbocycles. The van der Waals surface area contributed by atoms with Crippen LogP contribution in [-0.2, 0) is 0 Å². The van der Waals surface area contributed by atoms with Crippen LogP contribution in [0.3, 0.4) is 0 Å². The molecule has 1 amide bonds. The second kappa shape index (κ2) is 5.50. The molecule has 3 aromatic rings. The van der Waals surface area contributed by atoms with E-state index in [1.165, 1.54) is 5.56 Å². The van der Waals surface area contributed by atoms with Gasteiger partial charge in [0.25, 0.3) is 5.91 Å². The first-order valence-corrected chi connectivity index (χ1v) is 7.90. The van der Waals surface area contributed by atoms with Crippen LogP contribution in [0.25, 0.3) is 11.0 Å². The van der Waals surface area contributed by atoms with Crippen LogP contribution in [-0.4, -0.2) is 32.5 Å². The molecular formula is C18H18N4O. The lowest BCUT2D eigenvalue weighted by atomic mass is 10.0. The molecule has 5 heteroatoms. The number of rotatable bonds is 2. The van der Waals surface area contributed by atoms with Gasteiger partial charge in [-0.2, -0.15) is 5.10 Å². The van der Waals surface area contributed by atoms with Crippen molar-refractivity contribution < 1.29 is 4.79 Å². The molecule has 0 spiro atoms. The summed E-state index contributed by atoms with van der Waals surface area (Å²) in [7, 11) is 0. The van der Waals surface area contributed by atoms with E-state index in [1.807, 2.05) is 36.1 Å². The van der Waals surface area contributed by atoms with Crippen molar-refractivity contribution in [1.82, 2.24) is 20.1 Å². The minimum absolute atomic E-state index is 0.0475. The largest absolute Gasteiger partial charge is 0.332 e. The van der Waals surface area contributed by atoms with Crippen molar-refractivity contribution in [3.8, 4) is 0 Å². The molecule has 3 heterocycles. The Kier molecular flexibility index (Phi) is 3.33.